The van der Waals surface area contributed by atoms with E-state index in [1.54, 1.807) is 25.3 Å². The fraction of sp³-hybridized carbons (Fsp3) is 0.360. The normalized spacial score (nSPS) is 14.6. The van der Waals surface area contributed by atoms with Crippen LogP contribution in [0.1, 0.15) is 32.3 Å². The van der Waals surface area contributed by atoms with Crippen molar-refractivity contribution in [1.29, 1.82) is 0 Å². The zero-order valence-electron chi connectivity index (χ0n) is 19.2. The summed E-state index contributed by atoms with van der Waals surface area (Å²) < 4.78 is 22.5. The molecule has 0 spiro atoms. The second-order valence-electron chi connectivity index (χ2n) is 7.17. The number of amides is 2. The van der Waals surface area contributed by atoms with Gasteiger partial charge < -0.3 is 18.9 Å². The molecule has 0 saturated carbocycles. The first-order valence-corrected chi connectivity index (χ1v) is 11.8. The Morgan fingerprint density at radius 2 is 1.64 bits per heavy atom. The van der Waals surface area contributed by atoms with Crippen LogP contribution in [0.4, 0.5) is 4.79 Å². The van der Waals surface area contributed by atoms with Gasteiger partial charge in [-0.15, -0.1) is 0 Å². The molecule has 1 heterocycles. The van der Waals surface area contributed by atoms with E-state index in [4.69, 9.17) is 18.9 Å². The van der Waals surface area contributed by atoms with E-state index in [0.717, 1.165) is 30.2 Å². The van der Waals surface area contributed by atoms with Gasteiger partial charge in [0.05, 0.1) is 31.8 Å². The van der Waals surface area contributed by atoms with E-state index in [0.29, 0.717) is 41.1 Å². The Morgan fingerprint density at radius 3 is 2.36 bits per heavy atom. The molecule has 1 aliphatic rings. The summed E-state index contributed by atoms with van der Waals surface area (Å²) in [5.74, 6) is 2.11. The lowest BCUT2D eigenvalue weighted by Crippen LogP contribution is -2.32. The summed E-state index contributed by atoms with van der Waals surface area (Å²) in [6.45, 7) is 5.44. The van der Waals surface area contributed by atoms with Crippen LogP contribution in [0.3, 0.4) is 0 Å². The summed E-state index contributed by atoms with van der Waals surface area (Å²) in [6.07, 6.45) is 3.70. The van der Waals surface area contributed by atoms with Crippen molar-refractivity contribution in [3.8, 4) is 23.0 Å². The van der Waals surface area contributed by atoms with Crippen molar-refractivity contribution in [2.45, 2.75) is 26.7 Å². The molecule has 33 heavy (non-hydrogen) atoms. The number of para-hydroxylation sites is 2. The molecular formula is C25H29NO6S. The van der Waals surface area contributed by atoms with Gasteiger partial charge >= 0.3 is 0 Å². The van der Waals surface area contributed by atoms with Crippen LogP contribution < -0.4 is 18.9 Å². The highest BCUT2D eigenvalue weighted by atomic mass is 32.2. The Bertz CT molecular complexity index is 1010. The molecular weight excluding hydrogens is 442 g/mol. The van der Waals surface area contributed by atoms with Crippen molar-refractivity contribution in [3.63, 3.8) is 0 Å². The monoisotopic (exact) mass is 471 g/mol. The number of methoxy groups -OCH3 is 1. The van der Waals surface area contributed by atoms with Gasteiger partial charge in [-0.3, -0.25) is 14.5 Å². The third-order valence-corrected chi connectivity index (χ3v) is 5.74. The number of nitrogens with zero attached hydrogens (tertiary/aromatic N) is 1. The van der Waals surface area contributed by atoms with Crippen LogP contribution in [0.15, 0.2) is 47.4 Å². The van der Waals surface area contributed by atoms with E-state index >= 15 is 0 Å². The molecule has 1 saturated heterocycles. The maximum atomic E-state index is 12.8. The number of hydrogen-bond acceptors (Lipinski definition) is 7. The van der Waals surface area contributed by atoms with Gasteiger partial charge in [0.15, 0.2) is 23.0 Å². The minimum absolute atomic E-state index is 0.147. The lowest BCUT2D eigenvalue weighted by Gasteiger charge is -2.14. The Balaban J connectivity index is 1.66. The standard InChI is InChI=1S/C25H29NO6S/c1-4-6-14-31-21-12-11-18(16-22(21)30-5-2)17-23-24(27)26(25(28)33-23)13-15-32-20-10-8-7-9-19(20)29-3/h7-12,16-17H,4-6,13-15H2,1-3H3/b23-17-. The van der Waals surface area contributed by atoms with E-state index in [9.17, 15) is 9.59 Å². The van der Waals surface area contributed by atoms with Crippen LogP contribution in [0.2, 0.25) is 0 Å². The molecule has 0 radical (unpaired) electrons. The molecule has 176 valence electrons. The third-order valence-electron chi connectivity index (χ3n) is 4.84. The number of thioether (sulfide) groups is 1. The second kappa shape index (κ2) is 12.2. The molecule has 0 unspecified atom stereocenters. The van der Waals surface area contributed by atoms with Crippen molar-refractivity contribution < 1.29 is 28.5 Å². The lowest BCUT2D eigenvalue weighted by atomic mass is 10.2. The quantitative estimate of drug-likeness (QED) is 0.304. The van der Waals surface area contributed by atoms with Gasteiger partial charge in [-0.1, -0.05) is 31.5 Å². The topological polar surface area (TPSA) is 74.3 Å². The predicted octanol–water partition coefficient (Wildman–Crippen LogP) is 5.39. The smallest absolute Gasteiger partial charge is 0.293 e. The van der Waals surface area contributed by atoms with Crippen LogP contribution in [-0.2, 0) is 4.79 Å². The first kappa shape index (κ1) is 24.5. The number of ether oxygens (including phenoxy) is 4. The van der Waals surface area contributed by atoms with Crippen molar-refractivity contribution in [1.82, 2.24) is 4.90 Å². The Hall–Kier alpha value is -3.13. The second-order valence-corrected chi connectivity index (χ2v) is 8.17. The van der Waals surface area contributed by atoms with Gasteiger partial charge in [0.1, 0.15) is 6.61 Å². The SMILES string of the molecule is CCCCOc1ccc(/C=C2\SC(=O)N(CCOc3ccccc3OC)C2=O)cc1OCC. The summed E-state index contributed by atoms with van der Waals surface area (Å²) in [5.41, 5.74) is 0.761. The molecule has 0 bridgehead atoms. The number of benzene rings is 2. The van der Waals surface area contributed by atoms with Crippen LogP contribution in [-0.4, -0.2) is 49.5 Å². The zero-order valence-corrected chi connectivity index (χ0v) is 20.0. The van der Waals surface area contributed by atoms with E-state index < -0.39 is 0 Å². The molecule has 0 atom stereocenters. The van der Waals surface area contributed by atoms with Gasteiger partial charge in [0.2, 0.25) is 0 Å². The minimum atomic E-state index is -0.338. The largest absolute Gasteiger partial charge is 0.493 e. The number of carbonyl (C=O) groups is 2. The molecule has 0 N–H and O–H groups in total. The average molecular weight is 472 g/mol. The minimum Gasteiger partial charge on any atom is -0.493 e. The molecule has 1 fully saturated rings. The Morgan fingerprint density at radius 1 is 0.909 bits per heavy atom. The lowest BCUT2D eigenvalue weighted by molar-refractivity contribution is -0.123. The molecule has 0 aromatic heterocycles. The molecule has 0 aliphatic carbocycles. The van der Waals surface area contributed by atoms with Crippen LogP contribution in [0.25, 0.3) is 6.08 Å². The maximum Gasteiger partial charge on any atom is 0.293 e. The highest BCUT2D eigenvalue weighted by Crippen LogP contribution is 2.35. The summed E-state index contributed by atoms with van der Waals surface area (Å²) >= 11 is 0.917. The average Bonchev–Trinajstić information content (AvgIpc) is 3.08. The van der Waals surface area contributed by atoms with Crippen molar-refractivity contribution >= 4 is 29.0 Å². The highest BCUT2D eigenvalue weighted by molar-refractivity contribution is 8.18. The molecule has 2 aromatic rings. The van der Waals surface area contributed by atoms with E-state index in [1.165, 1.54) is 4.90 Å². The van der Waals surface area contributed by atoms with Gasteiger partial charge in [0, 0.05) is 0 Å². The van der Waals surface area contributed by atoms with Crippen molar-refractivity contribution in [2.24, 2.45) is 0 Å². The van der Waals surface area contributed by atoms with Gasteiger partial charge in [-0.05, 0) is 61.0 Å². The number of carbonyl (C=O) groups excluding carboxylic acids is 2. The van der Waals surface area contributed by atoms with E-state index in [1.807, 2.05) is 37.3 Å². The van der Waals surface area contributed by atoms with E-state index in [-0.39, 0.29) is 24.3 Å². The fourth-order valence-corrected chi connectivity index (χ4v) is 4.02. The first-order valence-electron chi connectivity index (χ1n) is 11.0. The highest BCUT2D eigenvalue weighted by Gasteiger charge is 2.34. The maximum absolute atomic E-state index is 12.8. The van der Waals surface area contributed by atoms with Crippen LogP contribution in [0.5, 0.6) is 23.0 Å². The Labute approximate surface area is 198 Å². The van der Waals surface area contributed by atoms with Crippen molar-refractivity contribution in [3.05, 3.63) is 52.9 Å². The molecule has 8 heteroatoms. The molecule has 1 aliphatic heterocycles. The van der Waals surface area contributed by atoms with Crippen LogP contribution >= 0.6 is 11.8 Å². The predicted molar refractivity (Wildman–Crippen MR) is 129 cm³/mol. The zero-order chi connectivity index (χ0) is 23.6. The third kappa shape index (κ3) is 6.44. The van der Waals surface area contributed by atoms with Gasteiger partial charge in [0.25, 0.3) is 11.1 Å². The van der Waals surface area contributed by atoms with E-state index in [2.05, 4.69) is 6.92 Å². The number of hydrogen-bond donors (Lipinski definition) is 0. The number of imide groups is 1. The molecule has 7 nitrogen and oxygen atoms in total. The molecule has 2 amide bonds. The number of unbranched alkanes of at least 4 members (excludes halogenated alkanes) is 1. The molecule has 2 aromatic carbocycles. The van der Waals surface area contributed by atoms with Gasteiger partial charge in [-0.2, -0.15) is 0 Å². The number of rotatable bonds is 12. The summed E-state index contributed by atoms with van der Waals surface area (Å²) in [6, 6.07) is 12.7. The molecule has 3 rings (SSSR count). The summed E-state index contributed by atoms with van der Waals surface area (Å²) in [5, 5.41) is -0.320. The van der Waals surface area contributed by atoms with Crippen molar-refractivity contribution in [2.75, 3.05) is 33.5 Å². The van der Waals surface area contributed by atoms with Gasteiger partial charge in [-0.25, -0.2) is 0 Å². The van der Waals surface area contributed by atoms with Crippen LogP contribution in [0, 0.1) is 0 Å². The fourth-order valence-electron chi connectivity index (χ4n) is 3.16. The summed E-state index contributed by atoms with van der Waals surface area (Å²) in [7, 11) is 1.56. The summed E-state index contributed by atoms with van der Waals surface area (Å²) in [4.78, 5) is 26.8. The Kier molecular flexibility index (Phi) is 9.06. The first-order chi connectivity index (χ1) is 16.1.